The predicted molar refractivity (Wildman–Crippen MR) is 98.8 cm³/mol. The average Bonchev–Trinajstić information content (AvgIpc) is 3.39. The van der Waals surface area contributed by atoms with Gasteiger partial charge in [0.1, 0.15) is 10.7 Å². The zero-order valence-electron chi connectivity index (χ0n) is 15.0. The summed E-state index contributed by atoms with van der Waals surface area (Å²) in [6.45, 7) is 0. The lowest BCUT2D eigenvalue weighted by atomic mass is 10.1. The van der Waals surface area contributed by atoms with Crippen molar-refractivity contribution in [3.05, 3.63) is 84.7 Å². The molecule has 0 aliphatic carbocycles. The summed E-state index contributed by atoms with van der Waals surface area (Å²) in [6, 6.07) is 9.41. The van der Waals surface area contributed by atoms with Gasteiger partial charge < -0.3 is 0 Å². The Bertz CT molecular complexity index is 1310. The van der Waals surface area contributed by atoms with E-state index in [1.807, 2.05) is 0 Å². The quantitative estimate of drug-likeness (QED) is 0.451. The second-order valence-electron chi connectivity index (χ2n) is 6.25. The van der Waals surface area contributed by atoms with Crippen LogP contribution in [0.2, 0.25) is 0 Å². The first-order chi connectivity index (χ1) is 14.2. The van der Waals surface area contributed by atoms with Crippen molar-refractivity contribution in [2.75, 3.05) is 0 Å². The van der Waals surface area contributed by atoms with Crippen molar-refractivity contribution in [2.24, 2.45) is 0 Å². The predicted octanol–water partition coefficient (Wildman–Crippen LogP) is 4.13. The van der Waals surface area contributed by atoms with E-state index in [1.54, 1.807) is 18.3 Å². The molecule has 0 N–H and O–H groups in total. The maximum absolute atomic E-state index is 14.1. The average molecular weight is 436 g/mol. The Balaban J connectivity index is 1.78. The summed E-state index contributed by atoms with van der Waals surface area (Å²) in [6.07, 6.45) is 0.411. The minimum absolute atomic E-state index is 0.205. The number of rotatable bonds is 4. The summed E-state index contributed by atoms with van der Waals surface area (Å²) >= 11 is 0. The summed E-state index contributed by atoms with van der Waals surface area (Å²) in [7, 11) is -4.63. The van der Waals surface area contributed by atoms with Gasteiger partial charge in [-0.25, -0.2) is 9.07 Å². The van der Waals surface area contributed by atoms with E-state index in [9.17, 15) is 26.0 Å². The zero-order valence-corrected chi connectivity index (χ0v) is 15.8. The molecule has 0 saturated carbocycles. The monoisotopic (exact) mass is 436 g/mol. The van der Waals surface area contributed by atoms with Gasteiger partial charge in [0.2, 0.25) is 0 Å². The molecule has 0 saturated heterocycles. The van der Waals surface area contributed by atoms with Crippen LogP contribution >= 0.6 is 0 Å². The van der Waals surface area contributed by atoms with Crippen LogP contribution in [0.15, 0.2) is 78.2 Å². The highest BCUT2D eigenvalue weighted by Crippen LogP contribution is 2.35. The van der Waals surface area contributed by atoms with Crippen molar-refractivity contribution in [2.45, 2.75) is 11.1 Å². The third kappa shape index (κ3) is 3.59. The van der Waals surface area contributed by atoms with Crippen LogP contribution in [0.3, 0.4) is 0 Å². The van der Waals surface area contributed by atoms with Gasteiger partial charge in [0.15, 0.2) is 0 Å². The SMILES string of the molecule is O=S(=O)(c1ccccc1C(F)(F)F)n1cc(-c2cc(F)cc(-n3cccn3)c2)cn1. The highest BCUT2D eigenvalue weighted by molar-refractivity contribution is 7.89. The summed E-state index contributed by atoms with van der Waals surface area (Å²) in [5, 5.41) is 7.71. The van der Waals surface area contributed by atoms with E-state index in [1.165, 1.54) is 23.0 Å². The first-order valence-corrected chi connectivity index (χ1v) is 9.88. The van der Waals surface area contributed by atoms with Crippen molar-refractivity contribution >= 4 is 10.0 Å². The largest absolute Gasteiger partial charge is 0.417 e. The first-order valence-electron chi connectivity index (χ1n) is 8.44. The molecule has 0 unspecified atom stereocenters. The third-order valence-corrected chi connectivity index (χ3v) is 5.87. The van der Waals surface area contributed by atoms with Crippen molar-refractivity contribution in [1.82, 2.24) is 19.0 Å². The highest BCUT2D eigenvalue weighted by Gasteiger charge is 2.37. The van der Waals surface area contributed by atoms with Crippen LogP contribution in [0.1, 0.15) is 5.56 Å². The van der Waals surface area contributed by atoms with Crippen molar-refractivity contribution in [3.63, 3.8) is 0 Å². The number of nitrogens with zero attached hydrogens (tertiary/aromatic N) is 4. The zero-order chi connectivity index (χ0) is 21.5. The number of aromatic nitrogens is 4. The molecule has 0 spiro atoms. The molecule has 0 radical (unpaired) electrons. The van der Waals surface area contributed by atoms with E-state index >= 15 is 0 Å². The minimum Gasteiger partial charge on any atom is -0.241 e. The van der Waals surface area contributed by atoms with Gasteiger partial charge in [-0.15, -0.1) is 0 Å². The molecule has 11 heteroatoms. The standard InChI is InChI=1S/C19H12F4N4O2S/c20-15-8-13(9-16(10-15)26-7-3-6-24-26)14-11-25-27(12-14)30(28,29)18-5-2-1-4-17(18)19(21,22)23/h1-12H. The van der Waals surface area contributed by atoms with Crippen molar-refractivity contribution in [3.8, 4) is 16.8 Å². The molecular formula is C19H12F4N4O2S. The molecule has 0 bridgehead atoms. The maximum atomic E-state index is 14.1. The lowest BCUT2D eigenvalue weighted by molar-refractivity contribution is -0.139. The fourth-order valence-corrected chi connectivity index (χ4v) is 4.24. The lowest BCUT2D eigenvalue weighted by Crippen LogP contribution is -2.19. The van der Waals surface area contributed by atoms with Gasteiger partial charge in [0, 0.05) is 18.0 Å². The Labute approximate surface area is 168 Å². The number of hydrogen-bond acceptors (Lipinski definition) is 4. The molecule has 30 heavy (non-hydrogen) atoms. The molecule has 0 amide bonds. The molecule has 0 aliphatic rings. The van der Waals surface area contributed by atoms with E-state index in [4.69, 9.17) is 0 Å². The molecule has 2 aromatic heterocycles. The summed E-state index contributed by atoms with van der Waals surface area (Å²) in [4.78, 5) is -0.927. The fraction of sp³-hybridized carbons (Fsp3) is 0.0526. The molecule has 0 fully saturated rings. The highest BCUT2D eigenvalue weighted by atomic mass is 32.2. The molecule has 0 aliphatic heterocycles. The second-order valence-corrected chi connectivity index (χ2v) is 8.01. The van der Waals surface area contributed by atoms with Crippen LogP contribution in [-0.4, -0.2) is 27.4 Å². The Hall–Kier alpha value is -3.47. The first kappa shape index (κ1) is 19.8. The summed E-state index contributed by atoms with van der Waals surface area (Å²) in [5.74, 6) is -0.601. The van der Waals surface area contributed by atoms with Crippen LogP contribution in [0.5, 0.6) is 0 Å². The van der Waals surface area contributed by atoms with Crippen LogP contribution < -0.4 is 0 Å². The Morgan fingerprint density at radius 2 is 1.70 bits per heavy atom. The van der Waals surface area contributed by atoms with Gasteiger partial charge in [0.25, 0.3) is 10.0 Å². The Kier molecular flexibility index (Phi) is 4.69. The van der Waals surface area contributed by atoms with Gasteiger partial charge >= 0.3 is 6.18 Å². The molecule has 4 aromatic rings. The maximum Gasteiger partial charge on any atom is 0.417 e. The van der Waals surface area contributed by atoms with Crippen molar-refractivity contribution < 1.29 is 26.0 Å². The van der Waals surface area contributed by atoms with Gasteiger partial charge in [-0.2, -0.15) is 35.9 Å². The summed E-state index contributed by atoms with van der Waals surface area (Å²) < 4.78 is 81.2. The number of halogens is 4. The van der Waals surface area contributed by atoms with E-state index < -0.39 is 32.5 Å². The van der Waals surface area contributed by atoms with E-state index in [0.717, 1.165) is 30.6 Å². The van der Waals surface area contributed by atoms with E-state index in [0.29, 0.717) is 15.8 Å². The van der Waals surface area contributed by atoms with Gasteiger partial charge in [-0.3, -0.25) is 0 Å². The molecular weight excluding hydrogens is 424 g/mol. The van der Waals surface area contributed by atoms with Crippen LogP contribution in [0.25, 0.3) is 16.8 Å². The Morgan fingerprint density at radius 1 is 0.933 bits per heavy atom. The molecule has 154 valence electrons. The van der Waals surface area contributed by atoms with E-state index in [2.05, 4.69) is 10.2 Å². The van der Waals surface area contributed by atoms with Gasteiger partial charge in [-0.1, -0.05) is 12.1 Å². The molecule has 0 atom stereocenters. The number of alkyl halides is 3. The van der Waals surface area contributed by atoms with Crippen LogP contribution in [0.4, 0.5) is 17.6 Å². The van der Waals surface area contributed by atoms with Crippen LogP contribution in [-0.2, 0) is 16.2 Å². The van der Waals surface area contributed by atoms with Gasteiger partial charge in [0.05, 0.1) is 23.6 Å². The molecule has 6 nitrogen and oxygen atoms in total. The van der Waals surface area contributed by atoms with E-state index in [-0.39, 0.29) is 11.1 Å². The topological polar surface area (TPSA) is 69.8 Å². The normalized spacial score (nSPS) is 12.3. The lowest BCUT2D eigenvalue weighted by Gasteiger charge is -2.12. The Morgan fingerprint density at radius 3 is 2.40 bits per heavy atom. The summed E-state index contributed by atoms with van der Waals surface area (Å²) in [5.41, 5.74) is -0.427. The number of hydrogen-bond donors (Lipinski definition) is 0. The molecule has 2 aromatic carbocycles. The molecule has 2 heterocycles. The number of benzene rings is 2. The third-order valence-electron chi connectivity index (χ3n) is 4.26. The van der Waals surface area contributed by atoms with Crippen LogP contribution in [0, 0.1) is 5.82 Å². The fourth-order valence-electron chi connectivity index (χ4n) is 2.91. The second kappa shape index (κ2) is 7.10. The van der Waals surface area contributed by atoms with Gasteiger partial charge in [-0.05, 0) is 42.0 Å². The molecule has 4 rings (SSSR count). The minimum atomic E-state index is -4.86. The van der Waals surface area contributed by atoms with Crippen molar-refractivity contribution in [1.29, 1.82) is 0 Å². The smallest absolute Gasteiger partial charge is 0.241 e.